The summed E-state index contributed by atoms with van der Waals surface area (Å²) in [6, 6.07) is 7.27. The van der Waals surface area contributed by atoms with Gasteiger partial charge in [-0.05, 0) is 25.0 Å². The lowest BCUT2D eigenvalue weighted by atomic mass is 10.1. The van der Waals surface area contributed by atoms with Gasteiger partial charge < -0.3 is 19.9 Å². The van der Waals surface area contributed by atoms with Crippen LogP contribution >= 0.6 is 0 Å². The van der Waals surface area contributed by atoms with Crippen LogP contribution in [0.2, 0.25) is 0 Å². The van der Waals surface area contributed by atoms with E-state index in [0.717, 1.165) is 24.9 Å². The molecule has 1 heterocycles. The van der Waals surface area contributed by atoms with Gasteiger partial charge in [0.15, 0.2) is 0 Å². The fraction of sp³-hybridized carbons (Fsp3) is 0.471. The second-order valence-electron chi connectivity index (χ2n) is 5.81. The van der Waals surface area contributed by atoms with Crippen LogP contribution in [0.1, 0.15) is 35.0 Å². The molecule has 0 unspecified atom stereocenters. The van der Waals surface area contributed by atoms with E-state index in [1.54, 1.807) is 19.2 Å². The number of nitrogens with zero attached hydrogens (tertiary/aromatic N) is 2. The SMILES string of the molecule is COCCNCCNC(=O)c1cccc(-c2noc(C3CC3)n2)c1. The molecular formula is C17H22N4O3. The topological polar surface area (TPSA) is 89.3 Å². The predicted octanol–water partition coefficient (Wildman–Crippen LogP) is 1.58. The van der Waals surface area contributed by atoms with Crippen LogP contribution in [0.4, 0.5) is 0 Å². The number of ether oxygens (including phenoxy) is 1. The fourth-order valence-corrected chi connectivity index (χ4v) is 2.31. The van der Waals surface area contributed by atoms with Crippen LogP contribution in [0.5, 0.6) is 0 Å². The number of benzene rings is 1. The van der Waals surface area contributed by atoms with Crippen molar-refractivity contribution in [2.24, 2.45) is 0 Å². The summed E-state index contributed by atoms with van der Waals surface area (Å²) in [4.78, 5) is 16.6. The second kappa shape index (κ2) is 8.03. The number of carbonyl (C=O) groups excluding carboxylic acids is 1. The molecule has 1 fully saturated rings. The first-order chi connectivity index (χ1) is 11.8. The van der Waals surface area contributed by atoms with Crippen LogP contribution < -0.4 is 10.6 Å². The molecule has 1 amide bonds. The maximum atomic E-state index is 12.2. The molecule has 0 radical (unpaired) electrons. The minimum Gasteiger partial charge on any atom is -0.383 e. The molecule has 1 aromatic heterocycles. The number of hydrogen-bond acceptors (Lipinski definition) is 6. The molecule has 0 saturated heterocycles. The van der Waals surface area contributed by atoms with Crippen LogP contribution in [0.25, 0.3) is 11.4 Å². The van der Waals surface area contributed by atoms with E-state index in [4.69, 9.17) is 9.26 Å². The summed E-state index contributed by atoms with van der Waals surface area (Å²) in [6.07, 6.45) is 2.23. The largest absolute Gasteiger partial charge is 0.383 e. The molecule has 1 saturated carbocycles. The maximum absolute atomic E-state index is 12.2. The van der Waals surface area contributed by atoms with Crippen LogP contribution in [-0.4, -0.2) is 49.4 Å². The molecule has 3 rings (SSSR count). The maximum Gasteiger partial charge on any atom is 0.251 e. The Morgan fingerprint density at radius 1 is 1.33 bits per heavy atom. The van der Waals surface area contributed by atoms with Gasteiger partial charge in [0.1, 0.15) is 0 Å². The van der Waals surface area contributed by atoms with Crippen molar-refractivity contribution in [3.8, 4) is 11.4 Å². The van der Waals surface area contributed by atoms with E-state index < -0.39 is 0 Å². The van der Waals surface area contributed by atoms with Crippen molar-refractivity contribution in [1.29, 1.82) is 0 Å². The average Bonchev–Trinajstić information content (AvgIpc) is 3.35. The first-order valence-corrected chi connectivity index (χ1v) is 8.20. The van der Waals surface area contributed by atoms with E-state index in [0.29, 0.717) is 42.9 Å². The summed E-state index contributed by atoms with van der Waals surface area (Å²) in [6.45, 7) is 2.68. The van der Waals surface area contributed by atoms with E-state index >= 15 is 0 Å². The molecule has 1 aliphatic carbocycles. The quantitative estimate of drug-likeness (QED) is 0.679. The molecule has 1 aromatic carbocycles. The minimum absolute atomic E-state index is 0.115. The zero-order valence-corrected chi connectivity index (χ0v) is 13.7. The first-order valence-electron chi connectivity index (χ1n) is 8.20. The third-order valence-electron chi connectivity index (χ3n) is 3.82. The van der Waals surface area contributed by atoms with Crippen LogP contribution in [0.15, 0.2) is 28.8 Å². The zero-order chi connectivity index (χ0) is 16.8. The Morgan fingerprint density at radius 2 is 2.21 bits per heavy atom. The molecule has 7 heteroatoms. The number of rotatable bonds is 9. The molecule has 1 aliphatic rings. The number of carbonyl (C=O) groups is 1. The van der Waals surface area contributed by atoms with Gasteiger partial charge in [0, 0.05) is 43.8 Å². The van der Waals surface area contributed by atoms with Gasteiger partial charge in [-0.3, -0.25) is 4.79 Å². The fourth-order valence-electron chi connectivity index (χ4n) is 2.31. The number of nitrogens with one attached hydrogen (secondary N) is 2. The number of amides is 1. The Kier molecular flexibility index (Phi) is 5.55. The molecule has 7 nitrogen and oxygen atoms in total. The van der Waals surface area contributed by atoms with Gasteiger partial charge in [0.25, 0.3) is 5.91 Å². The van der Waals surface area contributed by atoms with E-state index in [2.05, 4.69) is 20.8 Å². The van der Waals surface area contributed by atoms with E-state index in [1.165, 1.54) is 0 Å². The minimum atomic E-state index is -0.115. The van der Waals surface area contributed by atoms with Crippen molar-refractivity contribution in [2.75, 3.05) is 33.4 Å². The second-order valence-corrected chi connectivity index (χ2v) is 5.81. The van der Waals surface area contributed by atoms with Crippen molar-refractivity contribution in [3.05, 3.63) is 35.7 Å². The predicted molar refractivity (Wildman–Crippen MR) is 88.8 cm³/mol. The van der Waals surface area contributed by atoms with E-state index in [1.807, 2.05) is 12.1 Å². The summed E-state index contributed by atoms with van der Waals surface area (Å²) >= 11 is 0. The standard InChI is InChI=1S/C17H22N4O3/c1-23-10-9-18-7-8-19-16(22)14-4-2-3-13(11-14)15-20-17(24-21-15)12-5-6-12/h2-4,11-12,18H,5-10H2,1H3,(H,19,22). The van der Waals surface area contributed by atoms with Gasteiger partial charge in [0.05, 0.1) is 6.61 Å². The Hall–Kier alpha value is -2.25. The Balaban J connectivity index is 1.54. The molecule has 0 aliphatic heterocycles. The highest BCUT2D eigenvalue weighted by molar-refractivity contribution is 5.95. The van der Waals surface area contributed by atoms with Gasteiger partial charge in [-0.15, -0.1) is 0 Å². The van der Waals surface area contributed by atoms with Crippen LogP contribution in [0, 0.1) is 0 Å². The summed E-state index contributed by atoms with van der Waals surface area (Å²) in [5.41, 5.74) is 1.37. The Morgan fingerprint density at radius 3 is 3.00 bits per heavy atom. The van der Waals surface area contributed by atoms with Gasteiger partial charge >= 0.3 is 0 Å². The van der Waals surface area contributed by atoms with Gasteiger partial charge in [-0.2, -0.15) is 4.98 Å². The Bertz CT molecular complexity index is 682. The number of methoxy groups -OCH3 is 1. The summed E-state index contributed by atoms with van der Waals surface area (Å²) < 4.78 is 10.2. The molecule has 0 spiro atoms. The van der Waals surface area contributed by atoms with Gasteiger partial charge in [-0.25, -0.2) is 0 Å². The lowest BCUT2D eigenvalue weighted by Gasteiger charge is -2.07. The highest BCUT2D eigenvalue weighted by Gasteiger charge is 2.29. The summed E-state index contributed by atoms with van der Waals surface area (Å²) in [5.74, 6) is 1.54. The molecule has 0 atom stereocenters. The molecular weight excluding hydrogens is 308 g/mol. The third kappa shape index (κ3) is 4.39. The van der Waals surface area contributed by atoms with Gasteiger partial charge in [0.2, 0.25) is 11.7 Å². The van der Waals surface area contributed by atoms with Crippen molar-refractivity contribution >= 4 is 5.91 Å². The average molecular weight is 330 g/mol. The van der Waals surface area contributed by atoms with E-state index in [-0.39, 0.29) is 5.91 Å². The monoisotopic (exact) mass is 330 g/mol. The van der Waals surface area contributed by atoms with Crippen LogP contribution in [0.3, 0.4) is 0 Å². The molecule has 0 bridgehead atoms. The summed E-state index contributed by atoms with van der Waals surface area (Å²) in [7, 11) is 1.66. The highest BCUT2D eigenvalue weighted by Crippen LogP contribution is 2.39. The van der Waals surface area contributed by atoms with Crippen molar-refractivity contribution in [1.82, 2.24) is 20.8 Å². The van der Waals surface area contributed by atoms with Crippen LogP contribution in [-0.2, 0) is 4.74 Å². The van der Waals surface area contributed by atoms with E-state index in [9.17, 15) is 4.79 Å². The normalized spacial score (nSPS) is 13.9. The molecule has 2 N–H and O–H groups in total. The highest BCUT2D eigenvalue weighted by atomic mass is 16.5. The van der Waals surface area contributed by atoms with Crippen molar-refractivity contribution in [2.45, 2.75) is 18.8 Å². The van der Waals surface area contributed by atoms with Crippen molar-refractivity contribution in [3.63, 3.8) is 0 Å². The smallest absolute Gasteiger partial charge is 0.251 e. The third-order valence-corrected chi connectivity index (χ3v) is 3.82. The zero-order valence-electron chi connectivity index (χ0n) is 13.7. The number of hydrogen-bond donors (Lipinski definition) is 2. The Labute approximate surface area is 140 Å². The first kappa shape index (κ1) is 16.6. The molecule has 128 valence electrons. The van der Waals surface area contributed by atoms with Crippen molar-refractivity contribution < 1.29 is 14.1 Å². The molecule has 2 aromatic rings. The lowest BCUT2D eigenvalue weighted by Crippen LogP contribution is -2.33. The lowest BCUT2D eigenvalue weighted by molar-refractivity contribution is 0.0953. The van der Waals surface area contributed by atoms with Gasteiger partial charge in [-0.1, -0.05) is 17.3 Å². The molecule has 24 heavy (non-hydrogen) atoms. The number of aromatic nitrogens is 2. The summed E-state index contributed by atoms with van der Waals surface area (Å²) in [5, 5.41) is 10.1.